The fraction of sp³-hybridized carbons (Fsp3) is 0. The quantitative estimate of drug-likeness (QED) is 0.193. The molecule has 0 unspecified atom stereocenters. The minimum absolute atomic E-state index is 1.13. The van der Waals surface area contributed by atoms with Gasteiger partial charge in [0.05, 0.1) is 16.7 Å². The molecule has 7 aromatic carbocycles. The van der Waals surface area contributed by atoms with Gasteiger partial charge in [0, 0.05) is 48.0 Å². The topological polar surface area (TPSA) is 8.17 Å². The Morgan fingerprint density at radius 2 is 0.933 bits per heavy atom. The van der Waals surface area contributed by atoms with Crippen LogP contribution in [0.5, 0.6) is 0 Å². The summed E-state index contributed by atoms with van der Waals surface area (Å²) in [5.41, 5.74) is 9.48. The number of hydrogen-bond acceptors (Lipinski definition) is 2. The lowest BCUT2D eigenvalue weighted by Gasteiger charge is -2.26. The Bertz CT molecular complexity index is 2420. The lowest BCUT2D eigenvalue weighted by Crippen LogP contribution is -2.10. The van der Waals surface area contributed by atoms with Crippen molar-refractivity contribution in [1.29, 1.82) is 0 Å². The minimum Gasteiger partial charge on any atom is -0.310 e. The highest BCUT2D eigenvalue weighted by Crippen LogP contribution is 2.45. The Hall–Kier alpha value is -5.64. The highest BCUT2D eigenvalue weighted by molar-refractivity contribution is 7.26. The van der Waals surface area contributed by atoms with Crippen LogP contribution in [0.25, 0.3) is 58.8 Å². The van der Waals surface area contributed by atoms with Gasteiger partial charge in [-0.3, -0.25) is 0 Å². The molecular formula is C42H28N2S. The first kappa shape index (κ1) is 25.8. The predicted octanol–water partition coefficient (Wildman–Crippen LogP) is 12.3. The van der Waals surface area contributed by atoms with Crippen molar-refractivity contribution in [2.24, 2.45) is 0 Å². The molecule has 0 spiro atoms. The van der Waals surface area contributed by atoms with Crippen molar-refractivity contribution >= 4 is 70.4 Å². The maximum atomic E-state index is 2.39. The van der Waals surface area contributed by atoms with Crippen LogP contribution in [0.4, 0.5) is 17.1 Å². The Kier molecular flexibility index (Phi) is 6.03. The van der Waals surface area contributed by atoms with Crippen LogP contribution in [0, 0.1) is 0 Å². The molecule has 0 aliphatic heterocycles. The molecule has 2 nitrogen and oxygen atoms in total. The second kappa shape index (κ2) is 10.5. The number of thiophene rings is 1. The summed E-state index contributed by atoms with van der Waals surface area (Å²) in [6.45, 7) is 0. The van der Waals surface area contributed by atoms with Crippen molar-refractivity contribution in [3.8, 4) is 16.8 Å². The lowest BCUT2D eigenvalue weighted by atomic mass is 10.0. The van der Waals surface area contributed by atoms with Crippen LogP contribution in [0.15, 0.2) is 170 Å². The van der Waals surface area contributed by atoms with Crippen LogP contribution < -0.4 is 4.90 Å². The molecule has 3 heteroatoms. The fourth-order valence-corrected chi connectivity index (χ4v) is 7.88. The molecule has 212 valence electrons. The Balaban J connectivity index is 1.12. The average Bonchev–Trinajstić information content (AvgIpc) is 3.66. The van der Waals surface area contributed by atoms with Gasteiger partial charge >= 0.3 is 0 Å². The predicted molar refractivity (Wildman–Crippen MR) is 194 cm³/mol. The third-order valence-electron chi connectivity index (χ3n) is 8.80. The van der Waals surface area contributed by atoms with Crippen LogP contribution in [-0.4, -0.2) is 4.57 Å². The summed E-state index contributed by atoms with van der Waals surface area (Å²) in [5.74, 6) is 0. The van der Waals surface area contributed by atoms with Crippen LogP contribution in [-0.2, 0) is 0 Å². The molecule has 0 N–H and O–H groups in total. The summed E-state index contributed by atoms with van der Waals surface area (Å²) in [5, 5.41) is 5.16. The molecule has 9 rings (SSSR count). The van der Waals surface area contributed by atoms with Gasteiger partial charge in [0.1, 0.15) is 0 Å². The van der Waals surface area contributed by atoms with Gasteiger partial charge in [-0.2, -0.15) is 0 Å². The number of rotatable bonds is 5. The first-order chi connectivity index (χ1) is 22.3. The van der Waals surface area contributed by atoms with Gasteiger partial charge in [0.15, 0.2) is 0 Å². The maximum Gasteiger partial charge on any atom is 0.0554 e. The van der Waals surface area contributed by atoms with Crippen LogP contribution in [0.1, 0.15) is 0 Å². The average molecular weight is 593 g/mol. The second-order valence-corrected chi connectivity index (χ2v) is 12.5. The molecule has 2 aromatic heterocycles. The fourth-order valence-electron chi connectivity index (χ4n) is 6.75. The van der Waals surface area contributed by atoms with E-state index in [4.69, 9.17) is 0 Å². The van der Waals surface area contributed by atoms with Crippen molar-refractivity contribution in [1.82, 2.24) is 4.57 Å². The number of anilines is 3. The highest BCUT2D eigenvalue weighted by atomic mass is 32.1. The first-order valence-corrected chi connectivity index (χ1v) is 16.1. The van der Waals surface area contributed by atoms with Gasteiger partial charge < -0.3 is 9.47 Å². The van der Waals surface area contributed by atoms with E-state index in [0.717, 1.165) is 11.4 Å². The van der Waals surface area contributed by atoms with Crippen molar-refractivity contribution < 1.29 is 0 Å². The zero-order chi connectivity index (χ0) is 29.7. The monoisotopic (exact) mass is 592 g/mol. The molecule has 0 atom stereocenters. The number of aromatic nitrogens is 1. The molecule has 2 heterocycles. The molecule has 45 heavy (non-hydrogen) atoms. The lowest BCUT2D eigenvalue weighted by molar-refractivity contribution is 1.18. The smallest absolute Gasteiger partial charge is 0.0554 e. The number of nitrogens with zero attached hydrogens (tertiary/aromatic N) is 2. The summed E-state index contributed by atoms with van der Waals surface area (Å²) in [6.07, 6.45) is 0. The summed E-state index contributed by atoms with van der Waals surface area (Å²) in [4.78, 5) is 2.39. The normalized spacial score (nSPS) is 11.6. The van der Waals surface area contributed by atoms with E-state index in [-0.39, 0.29) is 0 Å². The SMILES string of the molecule is c1ccc(N(c2ccc(-c3ccc(-n4c5ccccc5c5ccccc54)cc3)cc2)c2cccc3sc4ccccc4c23)cc1. The number of benzene rings is 7. The van der Waals surface area contributed by atoms with E-state index in [1.165, 1.54) is 64.5 Å². The summed E-state index contributed by atoms with van der Waals surface area (Å²) >= 11 is 1.86. The zero-order valence-corrected chi connectivity index (χ0v) is 25.3. The summed E-state index contributed by atoms with van der Waals surface area (Å²) in [6, 6.07) is 61.3. The Morgan fingerprint density at radius 3 is 1.62 bits per heavy atom. The van der Waals surface area contributed by atoms with E-state index in [1.807, 2.05) is 11.3 Å². The van der Waals surface area contributed by atoms with E-state index >= 15 is 0 Å². The number of para-hydroxylation sites is 3. The van der Waals surface area contributed by atoms with Gasteiger partial charge in [0.25, 0.3) is 0 Å². The molecule has 0 saturated carbocycles. The van der Waals surface area contributed by atoms with Crippen molar-refractivity contribution in [2.45, 2.75) is 0 Å². The molecular weight excluding hydrogens is 565 g/mol. The van der Waals surface area contributed by atoms with Gasteiger partial charge in [-0.25, -0.2) is 0 Å². The number of hydrogen-bond donors (Lipinski definition) is 0. The van der Waals surface area contributed by atoms with E-state index in [9.17, 15) is 0 Å². The van der Waals surface area contributed by atoms with Gasteiger partial charge in [-0.05, 0) is 77.9 Å². The van der Waals surface area contributed by atoms with Crippen LogP contribution >= 0.6 is 11.3 Å². The largest absolute Gasteiger partial charge is 0.310 e. The Labute approximate surface area is 265 Å². The van der Waals surface area contributed by atoms with E-state index in [2.05, 4.69) is 179 Å². The molecule has 0 fully saturated rings. The summed E-state index contributed by atoms with van der Waals surface area (Å²) in [7, 11) is 0. The van der Waals surface area contributed by atoms with E-state index in [1.54, 1.807) is 0 Å². The highest BCUT2D eigenvalue weighted by Gasteiger charge is 2.18. The Morgan fingerprint density at radius 1 is 0.400 bits per heavy atom. The van der Waals surface area contributed by atoms with Crippen molar-refractivity contribution in [3.05, 3.63) is 170 Å². The zero-order valence-electron chi connectivity index (χ0n) is 24.5. The number of fused-ring (bicyclic) bond motifs is 6. The molecule has 9 aromatic rings. The molecule has 0 saturated heterocycles. The van der Waals surface area contributed by atoms with Crippen molar-refractivity contribution in [3.63, 3.8) is 0 Å². The standard InChI is InChI=1S/C42H28N2S/c1-2-11-31(12-3-1)43(39-18-10-20-41-42(39)36-15-6-9-19-40(36)45-41)32-25-21-29(22-26-32)30-23-27-33(28-24-30)44-37-16-7-4-13-34(37)35-14-5-8-17-38(35)44/h1-28H. The molecule has 0 bridgehead atoms. The third kappa shape index (κ3) is 4.24. The first-order valence-electron chi connectivity index (χ1n) is 15.3. The molecule has 0 radical (unpaired) electrons. The second-order valence-electron chi connectivity index (χ2n) is 11.4. The summed E-state index contributed by atoms with van der Waals surface area (Å²) < 4.78 is 4.98. The minimum atomic E-state index is 1.13. The molecule has 0 aliphatic rings. The van der Waals surface area contributed by atoms with Crippen molar-refractivity contribution in [2.75, 3.05) is 4.90 Å². The molecule has 0 amide bonds. The maximum absolute atomic E-state index is 2.39. The van der Waals surface area contributed by atoms with Crippen LogP contribution in [0.2, 0.25) is 0 Å². The van der Waals surface area contributed by atoms with Crippen LogP contribution in [0.3, 0.4) is 0 Å². The van der Waals surface area contributed by atoms with E-state index in [0.29, 0.717) is 0 Å². The molecule has 0 aliphatic carbocycles. The van der Waals surface area contributed by atoms with E-state index < -0.39 is 0 Å². The van der Waals surface area contributed by atoms with Gasteiger partial charge in [-0.1, -0.05) is 103 Å². The van der Waals surface area contributed by atoms with Gasteiger partial charge in [0.2, 0.25) is 0 Å². The third-order valence-corrected chi connectivity index (χ3v) is 9.94. The van der Waals surface area contributed by atoms with Gasteiger partial charge in [-0.15, -0.1) is 11.3 Å².